The van der Waals surface area contributed by atoms with Crippen LogP contribution in [-0.4, -0.2) is 35.3 Å². The van der Waals surface area contributed by atoms with E-state index in [9.17, 15) is 9.59 Å². The van der Waals surface area contributed by atoms with Crippen molar-refractivity contribution < 1.29 is 9.59 Å². The Labute approximate surface area is 129 Å². The zero-order valence-electron chi connectivity index (χ0n) is 10.9. The molecule has 2 rings (SSSR count). The van der Waals surface area contributed by atoms with Gasteiger partial charge >= 0.3 is 0 Å². The Balaban J connectivity index is 1.89. The Morgan fingerprint density at radius 1 is 1.35 bits per heavy atom. The zero-order valence-corrected chi connectivity index (χ0v) is 13.3. The first-order valence-corrected chi connectivity index (χ1v) is 7.88. The number of hydrogen-bond acceptors (Lipinski definition) is 4. The summed E-state index contributed by atoms with van der Waals surface area (Å²) in [5, 5.41) is 5.98. The molecule has 1 aromatic carbocycles. The van der Waals surface area contributed by atoms with Crippen LogP contribution in [0.1, 0.15) is 17.3 Å². The number of nitrogens with zero attached hydrogens (tertiary/aromatic N) is 1. The number of benzene rings is 1. The molecule has 0 saturated heterocycles. The third-order valence-corrected chi connectivity index (χ3v) is 4.08. The number of hydrogen-bond donors (Lipinski definition) is 2. The van der Waals surface area contributed by atoms with E-state index in [2.05, 4.69) is 31.6 Å². The number of carbonyl (C=O) groups excluding carboxylic acids is 2. The van der Waals surface area contributed by atoms with E-state index in [1.165, 1.54) is 11.8 Å². The molecule has 1 aliphatic rings. The van der Waals surface area contributed by atoms with Crippen molar-refractivity contribution in [3.05, 3.63) is 34.3 Å². The molecule has 1 heterocycles. The number of thioether (sulfide) groups is 1. The maximum absolute atomic E-state index is 12.0. The fourth-order valence-electron chi connectivity index (χ4n) is 1.57. The minimum Gasteiger partial charge on any atom is -0.341 e. The van der Waals surface area contributed by atoms with Gasteiger partial charge < -0.3 is 10.6 Å². The highest BCUT2D eigenvalue weighted by Gasteiger charge is 2.19. The normalized spacial score (nSPS) is 15.4. The molecule has 0 radical (unpaired) electrons. The molecule has 1 aliphatic heterocycles. The Morgan fingerprint density at radius 2 is 2.05 bits per heavy atom. The first kappa shape index (κ1) is 15.1. The summed E-state index contributed by atoms with van der Waals surface area (Å²) < 4.78 is 0.899. The van der Waals surface area contributed by atoms with E-state index < -0.39 is 6.04 Å². The second-order valence-corrected chi connectivity index (χ2v) is 6.23. The topological polar surface area (TPSA) is 70.6 Å². The molecule has 2 N–H and O–H groups in total. The lowest BCUT2D eigenvalue weighted by molar-refractivity contribution is -0.121. The van der Waals surface area contributed by atoms with Gasteiger partial charge in [0.2, 0.25) is 5.91 Å². The second kappa shape index (κ2) is 6.90. The fourth-order valence-corrected chi connectivity index (χ4v) is 2.57. The average Bonchev–Trinajstić information content (AvgIpc) is 2.92. The van der Waals surface area contributed by atoms with Crippen LogP contribution in [0.4, 0.5) is 0 Å². The summed E-state index contributed by atoms with van der Waals surface area (Å²) in [7, 11) is 0. The van der Waals surface area contributed by atoms with Gasteiger partial charge in [0.15, 0.2) is 5.17 Å². The second-order valence-electron chi connectivity index (χ2n) is 4.23. The van der Waals surface area contributed by atoms with Crippen LogP contribution in [0.2, 0.25) is 0 Å². The number of carbonyl (C=O) groups is 2. The summed E-state index contributed by atoms with van der Waals surface area (Å²) >= 11 is 4.81. The smallest absolute Gasteiger partial charge is 0.251 e. The summed E-state index contributed by atoms with van der Waals surface area (Å²) in [5.41, 5.74) is 0.514. The molecule has 5 nitrogen and oxygen atoms in total. The SMILES string of the molecule is C[C@@H](NC(=O)c1ccc(Br)cc1)C(=O)NC1=NCCS1. The fraction of sp³-hybridized carbons (Fsp3) is 0.308. The van der Waals surface area contributed by atoms with Gasteiger partial charge in [0.05, 0.1) is 6.54 Å². The molecule has 7 heteroatoms. The van der Waals surface area contributed by atoms with Gasteiger partial charge in [0.1, 0.15) is 6.04 Å². The van der Waals surface area contributed by atoms with Gasteiger partial charge in [-0.2, -0.15) is 0 Å². The molecule has 20 heavy (non-hydrogen) atoms. The molecular formula is C13H14BrN3O2S. The predicted octanol–water partition coefficient (Wildman–Crippen LogP) is 1.79. The lowest BCUT2D eigenvalue weighted by Crippen LogP contribution is -2.45. The number of nitrogens with one attached hydrogen (secondary N) is 2. The van der Waals surface area contributed by atoms with Gasteiger partial charge in [-0.3, -0.25) is 14.6 Å². The maximum atomic E-state index is 12.0. The van der Waals surface area contributed by atoms with E-state index in [4.69, 9.17) is 0 Å². The molecule has 0 spiro atoms. The monoisotopic (exact) mass is 355 g/mol. The summed E-state index contributed by atoms with van der Waals surface area (Å²) in [6.07, 6.45) is 0. The van der Waals surface area contributed by atoms with E-state index in [0.29, 0.717) is 10.7 Å². The van der Waals surface area contributed by atoms with Crippen LogP contribution in [-0.2, 0) is 4.79 Å². The van der Waals surface area contributed by atoms with E-state index in [1.54, 1.807) is 31.2 Å². The number of amidine groups is 1. The third-order valence-electron chi connectivity index (χ3n) is 2.66. The van der Waals surface area contributed by atoms with Gasteiger partial charge in [0, 0.05) is 15.8 Å². The van der Waals surface area contributed by atoms with Crippen molar-refractivity contribution in [3.8, 4) is 0 Å². The zero-order chi connectivity index (χ0) is 14.5. The highest BCUT2D eigenvalue weighted by atomic mass is 79.9. The minimum atomic E-state index is -0.616. The molecule has 2 amide bonds. The number of rotatable bonds is 3. The molecule has 1 atom stereocenters. The Morgan fingerprint density at radius 3 is 2.65 bits per heavy atom. The van der Waals surface area contributed by atoms with Crippen molar-refractivity contribution >= 4 is 44.7 Å². The molecule has 0 bridgehead atoms. The summed E-state index contributed by atoms with van der Waals surface area (Å²) in [6.45, 7) is 2.37. The quantitative estimate of drug-likeness (QED) is 0.868. The number of halogens is 1. The molecule has 0 saturated carbocycles. The van der Waals surface area contributed by atoms with E-state index in [-0.39, 0.29) is 11.8 Å². The van der Waals surface area contributed by atoms with Gasteiger partial charge in [-0.05, 0) is 31.2 Å². The highest BCUT2D eigenvalue weighted by molar-refractivity contribution is 9.10. The van der Waals surface area contributed by atoms with Crippen LogP contribution >= 0.6 is 27.7 Å². The van der Waals surface area contributed by atoms with Crippen LogP contribution in [0, 0.1) is 0 Å². The number of amides is 2. The Kier molecular flexibility index (Phi) is 5.19. The van der Waals surface area contributed by atoms with Crippen LogP contribution in [0.3, 0.4) is 0 Å². The lowest BCUT2D eigenvalue weighted by atomic mass is 10.2. The van der Waals surface area contributed by atoms with Gasteiger partial charge in [-0.15, -0.1) is 0 Å². The van der Waals surface area contributed by atoms with Crippen LogP contribution in [0.15, 0.2) is 33.7 Å². The molecule has 1 aromatic rings. The molecular weight excluding hydrogens is 342 g/mol. The first-order valence-electron chi connectivity index (χ1n) is 6.11. The van der Waals surface area contributed by atoms with Crippen LogP contribution in [0.5, 0.6) is 0 Å². The molecule has 0 fully saturated rings. The van der Waals surface area contributed by atoms with Gasteiger partial charge in [-0.25, -0.2) is 0 Å². The van der Waals surface area contributed by atoms with E-state index in [1.807, 2.05) is 0 Å². The lowest BCUT2D eigenvalue weighted by Gasteiger charge is -2.13. The maximum Gasteiger partial charge on any atom is 0.251 e. The van der Waals surface area contributed by atoms with Crippen molar-refractivity contribution in [2.45, 2.75) is 13.0 Å². The van der Waals surface area contributed by atoms with E-state index >= 15 is 0 Å². The van der Waals surface area contributed by atoms with Gasteiger partial charge in [-0.1, -0.05) is 27.7 Å². The highest BCUT2D eigenvalue weighted by Crippen LogP contribution is 2.11. The standard InChI is InChI=1S/C13H14BrN3O2S/c1-8(11(18)17-13-15-6-7-20-13)16-12(19)9-2-4-10(14)5-3-9/h2-5,8H,6-7H2,1H3,(H,16,19)(H,15,17,18)/t8-/m1/s1. The third kappa shape index (κ3) is 4.08. The largest absolute Gasteiger partial charge is 0.341 e. The Bertz CT molecular complexity index is 545. The summed E-state index contributed by atoms with van der Waals surface area (Å²) in [4.78, 5) is 28.0. The van der Waals surface area contributed by atoms with Crippen molar-refractivity contribution in [1.29, 1.82) is 0 Å². The minimum absolute atomic E-state index is 0.261. The van der Waals surface area contributed by atoms with Crippen molar-refractivity contribution in [3.63, 3.8) is 0 Å². The van der Waals surface area contributed by atoms with Crippen molar-refractivity contribution in [1.82, 2.24) is 10.6 Å². The number of aliphatic imine (C=N–C) groups is 1. The molecule has 106 valence electrons. The first-order chi connectivity index (χ1) is 9.56. The molecule has 0 aliphatic carbocycles. The Hall–Kier alpha value is -1.34. The molecule has 0 aromatic heterocycles. The van der Waals surface area contributed by atoms with Crippen LogP contribution in [0.25, 0.3) is 0 Å². The van der Waals surface area contributed by atoms with Crippen molar-refractivity contribution in [2.24, 2.45) is 4.99 Å². The van der Waals surface area contributed by atoms with Gasteiger partial charge in [0.25, 0.3) is 5.91 Å². The average molecular weight is 356 g/mol. The summed E-state index contributed by atoms with van der Waals surface area (Å²) in [6, 6.07) is 6.34. The van der Waals surface area contributed by atoms with E-state index in [0.717, 1.165) is 16.8 Å². The summed E-state index contributed by atoms with van der Waals surface area (Å²) in [5.74, 6) is 0.347. The predicted molar refractivity (Wildman–Crippen MR) is 84.0 cm³/mol. The van der Waals surface area contributed by atoms with Crippen molar-refractivity contribution in [2.75, 3.05) is 12.3 Å². The molecule has 0 unspecified atom stereocenters. The van der Waals surface area contributed by atoms with Crippen LogP contribution < -0.4 is 10.6 Å².